The molecule has 180 valence electrons. The van der Waals surface area contributed by atoms with Gasteiger partial charge in [0.1, 0.15) is 5.69 Å². The lowest BCUT2D eigenvalue weighted by Crippen LogP contribution is -2.69. The highest BCUT2D eigenvalue weighted by Crippen LogP contribution is 2.34. The first-order valence-electron chi connectivity index (χ1n) is 9.93. The molecule has 3 rings (SSSR count). The highest BCUT2D eigenvalue weighted by molar-refractivity contribution is 5.91. The van der Waals surface area contributed by atoms with E-state index in [1.807, 2.05) is 19.0 Å². The van der Waals surface area contributed by atoms with Crippen LogP contribution in [0.3, 0.4) is 0 Å². The number of carbonyl (C=O) groups excluding carboxylic acids is 1. The van der Waals surface area contributed by atoms with Crippen LogP contribution in [0.4, 0.5) is 23.9 Å². The van der Waals surface area contributed by atoms with Crippen LogP contribution in [0.15, 0.2) is 22.9 Å². The molecule has 0 aromatic carbocycles. The Bertz CT molecular complexity index is 1010. The molecule has 0 unspecified atom stereocenters. The van der Waals surface area contributed by atoms with Gasteiger partial charge in [-0.2, -0.15) is 13.2 Å². The van der Waals surface area contributed by atoms with E-state index in [0.29, 0.717) is 19.5 Å². The smallest absolute Gasteiger partial charge is 0.433 e. The average molecular weight is 471 g/mol. The number of likely N-dealkylation sites (N-methyl/N-ethyl adjacent to an activating group) is 1. The van der Waals surface area contributed by atoms with Gasteiger partial charge in [-0.05, 0) is 26.6 Å². The summed E-state index contributed by atoms with van der Waals surface area (Å²) in [6, 6.07) is 2.18. The van der Waals surface area contributed by atoms with Crippen molar-refractivity contribution in [2.45, 2.75) is 24.7 Å². The Labute approximate surface area is 187 Å². The van der Waals surface area contributed by atoms with E-state index in [9.17, 15) is 27.9 Å². The third-order valence-corrected chi connectivity index (χ3v) is 5.62. The number of nitrogens with zero attached hydrogens (tertiary/aromatic N) is 6. The molecular weight excluding hydrogens is 447 g/mol. The van der Waals surface area contributed by atoms with Gasteiger partial charge in [-0.3, -0.25) is 4.79 Å². The van der Waals surface area contributed by atoms with Crippen molar-refractivity contribution in [3.63, 3.8) is 0 Å². The molecule has 1 aliphatic heterocycles. The molecular formula is C19H24F3N7O4. The van der Waals surface area contributed by atoms with E-state index in [0.717, 1.165) is 17.2 Å². The number of rotatable bonds is 8. The lowest BCUT2D eigenvalue weighted by atomic mass is 9.85. The summed E-state index contributed by atoms with van der Waals surface area (Å²) in [7, 11) is 5.08. The second-order valence-corrected chi connectivity index (χ2v) is 7.93. The van der Waals surface area contributed by atoms with E-state index >= 15 is 0 Å². The van der Waals surface area contributed by atoms with Crippen molar-refractivity contribution in [3.8, 4) is 0 Å². The van der Waals surface area contributed by atoms with Crippen molar-refractivity contribution >= 4 is 17.9 Å². The second-order valence-electron chi connectivity index (χ2n) is 7.93. The maximum atomic E-state index is 13.0. The molecule has 2 aromatic rings. The molecule has 1 aliphatic rings. The molecule has 14 heteroatoms. The summed E-state index contributed by atoms with van der Waals surface area (Å²) < 4.78 is 43.9. The molecule has 0 atom stereocenters. The molecule has 1 fully saturated rings. The Morgan fingerprint density at radius 1 is 1.33 bits per heavy atom. The average Bonchev–Trinajstić information content (AvgIpc) is 3.19. The molecule has 0 spiro atoms. The van der Waals surface area contributed by atoms with Gasteiger partial charge < -0.3 is 29.6 Å². The van der Waals surface area contributed by atoms with Gasteiger partial charge in [-0.25, -0.2) is 14.8 Å². The van der Waals surface area contributed by atoms with Crippen LogP contribution in [-0.2, 0) is 12.7 Å². The van der Waals surface area contributed by atoms with Gasteiger partial charge >= 0.3 is 12.3 Å². The first-order chi connectivity index (χ1) is 15.4. The predicted molar refractivity (Wildman–Crippen MR) is 109 cm³/mol. The highest BCUT2D eigenvalue weighted by Gasteiger charge is 2.46. The number of carbonyl (C=O) groups is 2. The third-order valence-electron chi connectivity index (χ3n) is 5.62. The molecule has 0 bridgehead atoms. The number of hydrogen-bond acceptors (Lipinski definition) is 8. The fourth-order valence-corrected chi connectivity index (χ4v) is 3.52. The molecule has 0 aliphatic carbocycles. The third kappa shape index (κ3) is 5.32. The first-order valence-corrected chi connectivity index (χ1v) is 9.93. The summed E-state index contributed by atoms with van der Waals surface area (Å²) in [6.45, 7) is 0.680. The number of hydrogen-bond donors (Lipinski definition) is 2. The molecule has 2 amide bonds. The molecule has 2 N–H and O–H groups in total. The number of halogens is 3. The molecule has 1 saturated heterocycles. The fraction of sp³-hybridized carbons (Fsp3) is 0.526. The Kier molecular flexibility index (Phi) is 6.76. The molecule has 11 nitrogen and oxygen atoms in total. The minimum atomic E-state index is -4.57. The van der Waals surface area contributed by atoms with Gasteiger partial charge in [0.25, 0.3) is 5.91 Å². The van der Waals surface area contributed by atoms with E-state index < -0.39 is 29.4 Å². The Balaban J connectivity index is 1.65. The van der Waals surface area contributed by atoms with Crippen LogP contribution < -0.4 is 10.2 Å². The van der Waals surface area contributed by atoms with E-state index in [-0.39, 0.29) is 30.5 Å². The second kappa shape index (κ2) is 9.21. The summed E-state index contributed by atoms with van der Waals surface area (Å²) >= 11 is 0. The van der Waals surface area contributed by atoms with Gasteiger partial charge in [-0.1, -0.05) is 5.16 Å². The maximum Gasteiger partial charge on any atom is 0.433 e. The predicted octanol–water partition coefficient (Wildman–Crippen LogP) is 1.53. The molecule has 3 heterocycles. The number of aromatic nitrogens is 3. The Morgan fingerprint density at radius 2 is 2.03 bits per heavy atom. The van der Waals surface area contributed by atoms with E-state index in [2.05, 4.69) is 20.4 Å². The van der Waals surface area contributed by atoms with Crippen LogP contribution in [0.1, 0.15) is 28.4 Å². The number of alkyl halides is 3. The van der Waals surface area contributed by atoms with Crippen molar-refractivity contribution in [3.05, 3.63) is 35.5 Å². The molecule has 2 aromatic heterocycles. The SMILES string of the molecule is CNC(=O)c1cc(CN(CCC2(N(C)C)CN(c3nccc(C(F)(F)F)n3)C2)C(=O)O)on1. The van der Waals surface area contributed by atoms with Crippen molar-refractivity contribution in [2.75, 3.05) is 45.7 Å². The van der Waals surface area contributed by atoms with Crippen LogP contribution in [0.2, 0.25) is 0 Å². The number of carboxylic acid groups (broad SMARTS) is 1. The van der Waals surface area contributed by atoms with Crippen LogP contribution in [0.25, 0.3) is 0 Å². The minimum absolute atomic E-state index is 0.0271. The van der Waals surface area contributed by atoms with E-state index in [1.54, 1.807) is 4.90 Å². The first kappa shape index (κ1) is 24.2. The summed E-state index contributed by atoms with van der Waals surface area (Å²) in [5.74, 6) is -0.270. The monoisotopic (exact) mass is 471 g/mol. The summed E-state index contributed by atoms with van der Waals surface area (Å²) in [5, 5.41) is 15.6. The van der Waals surface area contributed by atoms with Crippen molar-refractivity contribution < 1.29 is 32.4 Å². The summed E-state index contributed by atoms with van der Waals surface area (Å²) in [5.41, 5.74) is -1.46. The van der Waals surface area contributed by atoms with E-state index in [1.165, 1.54) is 13.1 Å². The minimum Gasteiger partial charge on any atom is -0.465 e. The fourth-order valence-electron chi connectivity index (χ4n) is 3.52. The molecule has 33 heavy (non-hydrogen) atoms. The lowest BCUT2D eigenvalue weighted by molar-refractivity contribution is -0.141. The van der Waals surface area contributed by atoms with Crippen molar-refractivity contribution in [1.82, 2.24) is 30.2 Å². The Hall–Kier alpha value is -3.42. The number of anilines is 1. The molecule has 0 saturated carbocycles. The maximum absolute atomic E-state index is 13.0. The zero-order valence-corrected chi connectivity index (χ0v) is 18.3. The van der Waals surface area contributed by atoms with Crippen LogP contribution >= 0.6 is 0 Å². The number of amides is 2. The zero-order valence-electron chi connectivity index (χ0n) is 18.3. The van der Waals surface area contributed by atoms with Crippen LogP contribution in [0.5, 0.6) is 0 Å². The summed E-state index contributed by atoms with van der Waals surface area (Å²) in [6.07, 6.45) is -4.28. The standard InChI is InChI=1S/C19H24F3N7O4/c1-23-15(30)13-8-12(33-26-13)9-28(17(31)32)7-5-18(27(2)3)10-29(11-18)16-24-6-4-14(25-16)19(20,21)22/h4,6,8H,5,7,9-11H2,1-3H3,(H,23,30)(H,31,32). The topological polar surface area (TPSA) is 128 Å². The van der Waals surface area contributed by atoms with Crippen molar-refractivity contribution in [1.29, 1.82) is 0 Å². The quantitative estimate of drug-likeness (QED) is 0.589. The normalized spacial score (nSPS) is 15.3. The van der Waals surface area contributed by atoms with Gasteiger partial charge in [0.05, 0.1) is 12.1 Å². The van der Waals surface area contributed by atoms with Gasteiger partial charge in [0, 0.05) is 38.9 Å². The highest BCUT2D eigenvalue weighted by atomic mass is 19.4. The van der Waals surface area contributed by atoms with Gasteiger partial charge in [0.15, 0.2) is 11.5 Å². The summed E-state index contributed by atoms with van der Waals surface area (Å²) in [4.78, 5) is 35.6. The van der Waals surface area contributed by atoms with Gasteiger partial charge in [0.2, 0.25) is 5.95 Å². The number of nitrogens with one attached hydrogen (secondary N) is 1. The Morgan fingerprint density at radius 3 is 2.61 bits per heavy atom. The zero-order chi connectivity index (χ0) is 24.4. The van der Waals surface area contributed by atoms with Crippen molar-refractivity contribution in [2.24, 2.45) is 0 Å². The molecule has 0 radical (unpaired) electrons. The van der Waals surface area contributed by atoms with E-state index in [4.69, 9.17) is 4.52 Å². The lowest BCUT2D eigenvalue weighted by Gasteiger charge is -2.54. The van der Waals surface area contributed by atoms with Crippen LogP contribution in [0, 0.1) is 0 Å². The largest absolute Gasteiger partial charge is 0.465 e. The van der Waals surface area contributed by atoms with Gasteiger partial charge in [-0.15, -0.1) is 0 Å². The van der Waals surface area contributed by atoms with Crippen LogP contribution in [-0.4, -0.2) is 88.3 Å².